The van der Waals surface area contributed by atoms with E-state index in [4.69, 9.17) is 14.1 Å². The fourth-order valence-electron chi connectivity index (χ4n) is 5.24. The molecule has 0 aliphatic carbocycles. The zero-order valence-electron chi connectivity index (χ0n) is 20.3. The minimum Gasteiger partial charge on any atom is -0.481 e. The SMILES string of the molecule is CC[C@H]1O[Si](C(C)C)(C(C)C)c2c1cc(-c1ccc(OC)nc1)nc2-c1ccccc1C. The van der Waals surface area contributed by atoms with Crippen LogP contribution in [0.15, 0.2) is 48.7 Å². The van der Waals surface area contributed by atoms with Crippen molar-refractivity contribution in [2.75, 3.05) is 7.11 Å². The molecule has 3 heterocycles. The van der Waals surface area contributed by atoms with Crippen molar-refractivity contribution in [1.29, 1.82) is 0 Å². The topological polar surface area (TPSA) is 44.2 Å². The standard InChI is InChI=1S/C27H34N2O2Si/c1-8-24-22-15-23(20-13-14-25(30-7)28-16-20)29-26(21-12-10-9-11-19(21)6)27(22)32(31-24,17(2)3)18(4)5/h9-18,24H,8H2,1-7H3/t24-/m1/s1. The summed E-state index contributed by atoms with van der Waals surface area (Å²) in [6, 6.07) is 14.8. The first-order valence-corrected chi connectivity index (χ1v) is 13.7. The highest BCUT2D eigenvalue weighted by atomic mass is 28.4. The largest absolute Gasteiger partial charge is 0.481 e. The van der Waals surface area contributed by atoms with Gasteiger partial charge in [-0.3, -0.25) is 0 Å². The average molecular weight is 447 g/mol. The van der Waals surface area contributed by atoms with Crippen LogP contribution in [0.4, 0.5) is 0 Å². The van der Waals surface area contributed by atoms with Gasteiger partial charge in [-0.25, -0.2) is 9.97 Å². The minimum absolute atomic E-state index is 0.109. The second-order valence-corrected chi connectivity index (χ2v) is 14.0. The van der Waals surface area contributed by atoms with Gasteiger partial charge in [0.1, 0.15) is 0 Å². The van der Waals surface area contributed by atoms with E-state index in [0.29, 0.717) is 17.0 Å². The molecule has 0 unspecified atom stereocenters. The summed E-state index contributed by atoms with van der Waals surface area (Å²) in [5.74, 6) is 0.606. The van der Waals surface area contributed by atoms with E-state index in [0.717, 1.165) is 23.4 Å². The second-order valence-electron chi connectivity index (χ2n) is 9.34. The van der Waals surface area contributed by atoms with Crippen LogP contribution in [0.1, 0.15) is 58.3 Å². The molecule has 0 saturated heterocycles. The summed E-state index contributed by atoms with van der Waals surface area (Å²) in [7, 11) is -0.643. The molecule has 1 aliphatic heterocycles. The average Bonchev–Trinajstić information content (AvgIpc) is 3.15. The van der Waals surface area contributed by atoms with Crippen LogP contribution < -0.4 is 9.92 Å². The Hall–Kier alpha value is -2.50. The molecule has 0 saturated carbocycles. The molecule has 0 fully saturated rings. The smallest absolute Gasteiger partial charge is 0.232 e. The van der Waals surface area contributed by atoms with Crippen LogP contribution in [-0.2, 0) is 4.43 Å². The molecule has 3 aromatic rings. The van der Waals surface area contributed by atoms with E-state index in [9.17, 15) is 0 Å². The third-order valence-corrected chi connectivity index (χ3v) is 12.3. The summed E-state index contributed by atoms with van der Waals surface area (Å²) in [5, 5.41) is 1.40. The van der Waals surface area contributed by atoms with Crippen molar-refractivity contribution in [3.8, 4) is 28.4 Å². The van der Waals surface area contributed by atoms with Gasteiger partial charge in [0, 0.05) is 28.6 Å². The van der Waals surface area contributed by atoms with Gasteiger partial charge in [-0.1, -0.05) is 58.9 Å². The number of aromatic nitrogens is 2. The number of nitrogens with zero attached hydrogens (tertiary/aromatic N) is 2. The van der Waals surface area contributed by atoms with Crippen LogP contribution in [0.3, 0.4) is 0 Å². The molecule has 0 spiro atoms. The first-order valence-electron chi connectivity index (χ1n) is 11.6. The molecule has 0 amide bonds. The molecule has 168 valence electrons. The van der Waals surface area contributed by atoms with Crippen molar-refractivity contribution >= 4 is 13.5 Å². The van der Waals surface area contributed by atoms with Crippen molar-refractivity contribution in [1.82, 2.24) is 9.97 Å². The monoisotopic (exact) mass is 446 g/mol. The van der Waals surface area contributed by atoms with E-state index < -0.39 is 8.32 Å². The maximum atomic E-state index is 7.08. The normalized spacial score (nSPS) is 17.1. The van der Waals surface area contributed by atoms with Gasteiger partial charge in [0.2, 0.25) is 14.2 Å². The summed E-state index contributed by atoms with van der Waals surface area (Å²) in [6.07, 6.45) is 2.91. The molecule has 0 N–H and O–H groups in total. The lowest BCUT2D eigenvalue weighted by molar-refractivity contribution is 0.198. The van der Waals surface area contributed by atoms with E-state index in [-0.39, 0.29) is 6.10 Å². The summed E-state index contributed by atoms with van der Waals surface area (Å²) < 4.78 is 12.3. The van der Waals surface area contributed by atoms with Gasteiger partial charge in [-0.05, 0) is 47.7 Å². The Morgan fingerprint density at radius 2 is 1.78 bits per heavy atom. The number of methoxy groups -OCH3 is 1. The van der Waals surface area contributed by atoms with Gasteiger partial charge >= 0.3 is 0 Å². The number of aryl methyl sites for hydroxylation is 1. The van der Waals surface area contributed by atoms with Crippen molar-refractivity contribution < 1.29 is 9.16 Å². The van der Waals surface area contributed by atoms with Crippen LogP contribution in [0.5, 0.6) is 5.88 Å². The van der Waals surface area contributed by atoms with Gasteiger partial charge in [-0.2, -0.15) is 0 Å². The first-order chi connectivity index (χ1) is 15.3. The number of hydrogen-bond donors (Lipinski definition) is 0. The highest BCUT2D eigenvalue weighted by molar-refractivity contribution is 6.90. The van der Waals surface area contributed by atoms with E-state index in [1.54, 1.807) is 7.11 Å². The molecular formula is C27H34N2O2Si. The Morgan fingerprint density at radius 1 is 1.06 bits per heavy atom. The van der Waals surface area contributed by atoms with Crippen LogP contribution >= 0.6 is 0 Å². The third-order valence-electron chi connectivity index (χ3n) is 6.85. The zero-order valence-corrected chi connectivity index (χ0v) is 21.3. The van der Waals surface area contributed by atoms with Gasteiger partial charge in [0.15, 0.2) is 0 Å². The summed E-state index contributed by atoms with van der Waals surface area (Å²) >= 11 is 0. The number of fused-ring (bicyclic) bond motifs is 1. The van der Waals surface area contributed by atoms with Crippen LogP contribution in [0.25, 0.3) is 22.5 Å². The van der Waals surface area contributed by atoms with Gasteiger partial charge in [0.05, 0.1) is 24.6 Å². The number of hydrogen-bond acceptors (Lipinski definition) is 4. The minimum atomic E-state index is -2.28. The predicted molar refractivity (Wildman–Crippen MR) is 134 cm³/mol. The maximum Gasteiger partial charge on any atom is 0.232 e. The van der Waals surface area contributed by atoms with Gasteiger partial charge in [0.25, 0.3) is 0 Å². The highest BCUT2D eigenvalue weighted by Crippen LogP contribution is 2.47. The van der Waals surface area contributed by atoms with Crippen molar-refractivity contribution in [3.63, 3.8) is 0 Å². The van der Waals surface area contributed by atoms with Gasteiger partial charge < -0.3 is 9.16 Å². The molecular weight excluding hydrogens is 412 g/mol. The molecule has 1 atom stereocenters. The summed E-state index contributed by atoms with van der Waals surface area (Å²) in [5.41, 5.74) is 7.69. The summed E-state index contributed by atoms with van der Waals surface area (Å²) in [6.45, 7) is 13.7. The summed E-state index contributed by atoms with van der Waals surface area (Å²) in [4.78, 5) is 9.73. The molecule has 5 heteroatoms. The third kappa shape index (κ3) is 3.57. The first kappa shape index (κ1) is 22.7. The second kappa shape index (κ2) is 8.79. The Balaban J connectivity index is 2.06. The molecule has 32 heavy (non-hydrogen) atoms. The molecule has 0 bridgehead atoms. The lowest BCUT2D eigenvalue weighted by atomic mass is 9.99. The van der Waals surface area contributed by atoms with E-state index >= 15 is 0 Å². The zero-order chi connectivity index (χ0) is 23.0. The highest BCUT2D eigenvalue weighted by Gasteiger charge is 2.54. The molecule has 1 aliphatic rings. The van der Waals surface area contributed by atoms with Crippen molar-refractivity contribution in [2.24, 2.45) is 0 Å². The quantitative estimate of drug-likeness (QED) is 0.401. The lowest BCUT2D eigenvalue weighted by Gasteiger charge is -2.36. The van der Waals surface area contributed by atoms with Crippen LogP contribution in [-0.4, -0.2) is 25.4 Å². The van der Waals surface area contributed by atoms with Gasteiger partial charge in [-0.15, -0.1) is 0 Å². The Bertz CT molecular complexity index is 1100. The Morgan fingerprint density at radius 3 is 2.34 bits per heavy atom. The fraction of sp³-hybridized carbons (Fsp3) is 0.407. The number of benzene rings is 1. The number of rotatable bonds is 6. The fourth-order valence-corrected chi connectivity index (χ4v) is 10.4. The Kier molecular flexibility index (Phi) is 6.23. The molecule has 4 nitrogen and oxygen atoms in total. The van der Waals surface area contributed by atoms with E-state index in [2.05, 4.69) is 76.9 Å². The van der Waals surface area contributed by atoms with Crippen molar-refractivity contribution in [3.05, 3.63) is 59.8 Å². The predicted octanol–water partition coefficient (Wildman–Crippen LogP) is 6.58. The van der Waals surface area contributed by atoms with Crippen LogP contribution in [0.2, 0.25) is 11.1 Å². The lowest BCUT2D eigenvalue weighted by Crippen LogP contribution is -2.53. The maximum absolute atomic E-state index is 7.08. The van der Waals surface area contributed by atoms with E-state index in [1.165, 1.54) is 21.9 Å². The van der Waals surface area contributed by atoms with Crippen LogP contribution in [0, 0.1) is 6.92 Å². The number of pyridine rings is 2. The number of ether oxygens (including phenoxy) is 1. The molecule has 4 rings (SSSR count). The Labute approximate surface area is 193 Å². The van der Waals surface area contributed by atoms with E-state index in [1.807, 2.05) is 18.3 Å². The van der Waals surface area contributed by atoms with Crippen molar-refractivity contribution in [2.45, 2.75) is 65.1 Å². The molecule has 0 radical (unpaired) electrons. The molecule has 2 aromatic heterocycles. The molecule has 1 aromatic carbocycles.